The van der Waals surface area contributed by atoms with E-state index in [9.17, 15) is 14.7 Å². The van der Waals surface area contributed by atoms with E-state index in [0.717, 1.165) is 0 Å². The van der Waals surface area contributed by atoms with Crippen molar-refractivity contribution in [2.24, 2.45) is 0 Å². The highest BCUT2D eigenvalue weighted by molar-refractivity contribution is 6.30. The molecule has 2 heterocycles. The van der Waals surface area contributed by atoms with Gasteiger partial charge in [0.1, 0.15) is 6.61 Å². The van der Waals surface area contributed by atoms with Gasteiger partial charge in [0.15, 0.2) is 0 Å². The summed E-state index contributed by atoms with van der Waals surface area (Å²) in [5.41, 5.74) is 0.0257. The van der Waals surface area contributed by atoms with E-state index in [1.165, 1.54) is 7.11 Å². The Morgan fingerprint density at radius 2 is 1.89 bits per heavy atom. The lowest BCUT2D eigenvalue weighted by Crippen LogP contribution is -2.72. The number of rotatable bonds is 4. The highest BCUT2D eigenvalue weighted by Gasteiger charge is 2.46. The average molecular weight is 396 g/mol. The van der Waals surface area contributed by atoms with Gasteiger partial charge in [-0.15, -0.1) is 0 Å². The molecular weight excluding hydrogens is 370 g/mol. The number of nitrogens with zero attached hydrogens (tertiary/aromatic N) is 3. The summed E-state index contributed by atoms with van der Waals surface area (Å²) in [6.45, 7) is 4.69. The summed E-state index contributed by atoms with van der Waals surface area (Å²) in [7, 11) is 1.50. The molecule has 0 radical (unpaired) electrons. The fraction of sp³-hybridized carbons (Fsp3) is 0.579. The van der Waals surface area contributed by atoms with Gasteiger partial charge in [-0.05, 0) is 31.2 Å². The highest BCUT2D eigenvalue weighted by Crippen LogP contribution is 2.29. The van der Waals surface area contributed by atoms with Crippen LogP contribution in [0, 0.1) is 0 Å². The number of carbonyl (C=O) groups excluding carboxylic acids is 2. The number of ether oxygens (including phenoxy) is 1. The maximum atomic E-state index is 13.0. The van der Waals surface area contributed by atoms with Crippen molar-refractivity contribution in [2.45, 2.75) is 18.5 Å². The molecule has 2 aliphatic rings. The van der Waals surface area contributed by atoms with Gasteiger partial charge in [-0.25, -0.2) is 0 Å². The van der Waals surface area contributed by atoms with Gasteiger partial charge in [0, 0.05) is 56.5 Å². The summed E-state index contributed by atoms with van der Waals surface area (Å²) in [6.07, 6.45) is 0. The quantitative estimate of drug-likeness (QED) is 0.812. The fourth-order valence-corrected chi connectivity index (χ4v) is 4.18. The summed E-state index contributed by atoms with van der Waals surface area (Å²) in [4.78, 5) is 31.0. The molecule has 1 aromatic carbocycles. The number of piperazine rings is 2. The van der Waals surface area contributed by atoms with E-state index in [-0.39, 0.29) is 31.1 Å². The number of aliphatic hydroxyl groups is 1. The van der Waals surface area contributed by atoms with Crippen LogP contribution in [-0.2, 0) is 9.53 Å². The van der Waals surface area contributed by atoms with Crippen LogP contribution in [-0.4, -0.2) is 96.2 Å². The van der Waals surface area contributed by atoms with Crippen LogP contribution in [0.25, 0.3) is 0 Å². The molecule has 1 N–H and O–H groups in total. The topological polar surface area (TPSA) is 73.3 Å². The van der Waals surface area contributed by atoms with Crippen molar-refractivity contribution in [3.63, 3.8) is 0 Å². The molecule has 0 aliphatic carbocycles. The molecule has 2 saturated heterocycles. The molecule has 27 heavy (non-hydrogen) atoms. The van der Waals surface area contributed by atoms with Gasteiger partial charge in [0.05, 0.1) is 12.1 Å². The minimum atomic E-state index is -0.540. The molecule has 0 saturated carbocycles. The Labute approximate surface area is 164 Å². The molecular formula is C19H26ClN3O4. The Hall–Kier alpha value is -1.67. The number of amides is 2. The van der Waals surface area contributed by atoms with Crippen molar-refractivity contribution in [3.8, 4) is 0 Å². The van der Waals surface area contributed by atoms with E-state index < -0.39 is 5.54 Å². The number of methoxy groups -OCH3 is 1. The van der Waals surface area contributed by atoms with Crippen LogP contribution >= 0.6 is 11.6 Å². The molecule has 0 spiro atoms. The summed E-state index contributed by atoms with van der Waals surface area (Å²) in [6, 6.07) is 6.79. The van der Waals surface area contributed by atoms with E-state index in [4.69, 9.17) is 16.3 Å². The normalized spacial score (nSPS) is 26.0. The lowest BCUT2D eigenvalue weighted by atomic mass is 9.91. The predicted octanol–water partition coefficient (Wildman–Crippen LogP) is 0.706. The van der Waals surface area contributed by atoms with Crippen LogP contribution in [0.2, 0.25) is 5.02 Å². The molecule has 7 nitrogen and oxygen atoms in total. The Morgan fingerprint density at radius 3 is 2.52 bits per heavy atom. The van der Waals surface area contributed by atoms with Crippen LogP contribution in [0.15, 0.2) is 24.3 Å². The summed E-state index contributed by atoms with van der Waals surface area (Å²) in [5.74, 6) is -0.143. The molecule has 2 aliphatic heterocycles. The molecule has 2 atom stereocenters. The largest absolute Gasteiger partial charge is 0.394 e. The van der Waals surface area contributed by atoms with Crippen molar-refractivity contribution in [3.05, 3.63) is 34.9 Å². The number of carbonyl (C=O) groups is 2. The first-order chi connectivity index (χ1) is 12.9. The maximum absolute atomic E-state index is 13.0. The van der Waals surface area contributed by atoms with Gasteiger partial charge in [-0.1, -0.05) is 11.6 Å². The summed E-state index contributed by atoms with van der Waals surface area (Å²) >= 11 is 5.92. The second-order valence-electron chi connectivity index (χ2n) is 7.47. The van der Waals surface area contributed by atoms with Crippen LogP contribution in [0.3, 0.4) is 0 Å². The first-order valence-corrected chi connectivity index (χ1v) is 9.45. The zero-order chi connectivity index (χ0) is 19.6. The molecule has 2 fully saturated rings. The Bertz CT molecular complexity index is 699. The van der Waals surface area contributed by atoms with Gasteiger partial charge < -0.3 is 19.6 Å². The first kappa shape index (κ1) is 20.1. The molecule has 8 heteroatoms. The summed E-state index contributed by atoms with van der Waals surface area (Å²) < 4.78 is 4.96. The van der Waals surface area contributed by atoms with E-state index in [0.29, 0.717) is 43.3 Å². The number of hydrogen-bond donors (Lipinski definition) is 1. The number of hydrogen-bond acceptors (Lipinski definition) is 5. The minimum absolute atomic E-state index is 0.0262. The van der Waals surface area contributed by atoms with Gasteiger partial charge in [0.2, 0.25) is 5.91 Å². The molecule has 3 rings (SSSR count). The van der Waals surface area contributed by atoms with Crippen LogP contribution < -0.4 is 0 Å². The van der Waals surface area contributed by atoms with E-state index in [1.807, 2.05) is 6.92 Å². The van der Waals surface area contributed by atoms with E-state index in [2.05, 4.69) is 4.90 Å². The zero-order valence-electron chi connectivity index (χ0n) is 15.7. The second-order valence-corrected chi connectivity index (χ2v) is 7.90. The van der Waals surface area contributed by atoms with Crippen molar-refractivity contribution < 1.29 is 19.4 Å². The zero-order valence-corrected chi connectivity index (χ0v) is 16.5. The molecule has 2 amide bonds. The lowest BCUT2D eigenvalue weighted by molar-refractivity contribution is -0.143. The van der Waals surface area contributed by atoms with Crippen molar-refractivity contribution in [2.75, 3.05) is 53.0 Å². The fourth-order valence-electron chi connectivity index (χ4n) is 4.06. The van der Waals surface area contributed by atoms with Crippen LogP contribution in [0.1, 0.15) is 17.3 Å². The Kier molecular flexibility index (Phi) is 6.05. The van der Waals surface area contributed by atoms with Gasteiger partial charge in [0.25, 0.3) is 5.91 Å². The third kappa shape index (κ3) is 4.11. The Balaban J connectivity index is 1.79. The second kappa shape index (κ2) is 8.14. The molecule has 0 bridgehead atoms. The van der Waals surface area contributed by atoms with E-state index in [1.54, 1.807) is 34.1 Å². The molecule has 1 aromatic rings. The Morgan fingerprint density at radius 1 is 1.22 bits per heavy atom. The van der Waals surface area contributed by atoms with Crippen LogP contribution in [0.4, 0.5) is 0 Å². The number of fused-ring (bicyclic) bond motifs is 1. The third-order valence-corrected chi connectivity index (χ3v) is 5.73. The minimum Gasteiger partial charge on any atom is -0.394 e. The number of halogens is 1. The molecule has 2 unspecified atom stereocenters. The predicted molar refractivity (Wildman–Crippen MR) is 102 cm³/mol. The standard InChI is InChI=1S/C19H26ClN3O4/c1-19(13-24)12-22(18(26)14-3-5-15(20)6-4-14)10-16-9-21(7-8-23(16)19)17(25)11-27-2/h3-6,16,24H,7-13H2,1-2H3. The average Bonchev–Trinajstić information content (AvgIpc) is 2.67. The van der Waals surface area contributed by atoms with Crippen LogP contribution in [0.5, 0.6) is 0 Å². The summed E-state index contributed by atoms with van der Waals surface area (Å²) in [5, 5.41) is 10.6. The monoisotopic (exact) mass is 395 g/mol. The smallest absolute Gasteiger partial charge is 0.253 e. The van der Waals surface area contributed by atoms with Crippen molar-refractivity contribution in [1.29, 1.82) is 0 Å². The SMILES string of the molecule is COCC(=O)N1CCN2C(C1)CN(C(=O)c1ccc(Cl)cc1)CC2(C)CO. The lowest BCUT2D eigenvalue weighted by Gasteiger charge is -2.56. The molecule has 0 aromatic heterocycles. The van der Waals surface area contributed by atoms with Crippen molar-refractivity contribution in [1.82, 2.24) is 14.7 Å². The third-order valence-electron chi connectivity index (χ3n) is 5.48. The molecule has 148 valence electrons. The number of benzene rings is 1. The highest BCUT2D eigenvalue weighted by atomic mass is 35.5. The first-order valence-electron chi connectivity index (χ1n) is 9.07. The van der Waals surface area contributed by atoms with E-state index >= 15 is 0 Å². The van der Waals surface area contributed by atoms with Gasteiger partial charge >= 0.3 is 0 Å². The van der Waals surface area contributed by atoms with Gasteiger partial charge in [-0.2, -0.15) is 0 Å². The maximum Gasteiger partial charge on any atom is 0.253 e. The van der Waals surface area contributed by atoms with Gasteiger partial charge in [-0.3, -0.25) is 14.5 Å². The number of aliphatic hydroxyl groups excluding tert-OH is 1. The van der Waals surface area contributed by atoms with Crippen molar-refractivity contribution >= 4 is 23.4 Å².